The van der Waals surface area contributed by atoms with E-state index in [-0.39, 0.29) is 0 Å². The predicted octanol–water partition coefficient (Wildman–Crippen LogP) is 3.71. The van der Waals surface area contributed by atoms with Gasteiger partial charge >= 0.3 is 0 Å². The summed E-state index contributed by atoms with van der Waals surface area (Å²) in [6.07, 6.45) is 3.02. The van der Waals surface area contributed by atoms with E-state index in [4.69, 9.17) is 0 Å². The van der Waals surface area contributed by atoms with Crippen molar-refractivity contribution in [2.24, 2.45) is 0 Å². The number of aryl methyl sites for hydroxylation is 1. The van der Waals surface area contributed by atoms with Crippen LogP contribution in [0.3, 0.4) is 0 Å². The summed E-state index contributed by atoms with van der Waals surface area (Å²) in [5.74, 6) is 0.936. The van der Waals surface area contributed by atoms with Crippen LogP contribution in [0.15, 0.2) is 42.6 Å². The summed E-state index contributed by atoms with van der Waals surface area (Å²) in [4.78, 5) is 6.64. The van der Waals surface area contributed by atoms with E-state index in [2.05, 4.69) is 66.4 Å². The number of benzene rings is 1. The minimum atomic E-state index is 0.866. The van der Waals surface area contributed by atoms with Crippen LogP contribution >= 0.6 is 0 Å². The number of nitrogens with zero attached hydrogens (tertiary/aromatic N) is 2. The van der Waals surface area contributed by atoms with Gasteiger partial charge in [0.25, 0.3) is 0 Å². The van der Waals surface area contributed by atoms with Crippen molar-refractivity contribution in [3.05, 3.63) is 53.7 Å². The lowest BCUT2D eigenvalue weighted by molar-refractivity contribution is 0.914. The maximum Gasteiger partial charge on any atom is 0.125 e. The lowest BCUT2D eigenvalue weighted by Crippen LogP contribution is -2.16. The van der Waals surface area contributed by atoms with Gasteiger partial charge in [0.2, 0.25) is 0 Å². The molecule has 2 aromatic rings. The normalized spacial score (nSPS) is 10.3. The Balaban J connectivity index is 2.00. The highest BCUT2D eigenvalue weighted by atomic mass is 15.1. The van der Waals surface area contributed by atoms with Gasteiger partial charge in [-0.25, -0.2) is 4.98 Å². The van der Waals surface area contributed by atoms with Crippen molar-refractivity contribution in [1.29, 1.82) is 0 Å². The molecule has 1 N–H and O–H groups in total. The van der Waals surface area contributed by atoms with Gasteiger partial charge in [-0.3, -0.25) is 0 Å². The number of hydrogen-bond acceptors (Lipinski definition) is 3. The van der Waals surface area contributed by atoms with Crippen molar-refractivity contribution in [3.63, 3.8) is 0 Å². The molecule has 0 amide bonds. The van der Waals surface area contributed by atoms with Crippen LogP contribution < -0.4 is 10.2 Å². The molecule has 0 aliphatic heterocycles. The minimum Gasteiger partial charge on any atom is -0.370 e. The first-order valence-corrected chi connectivity index (χ1v) is 7.21. The smallest absolute Gasteiger partial charge is 0.125 e. The standard InChI is InChI=1S/C17H23N3/c1-4-14-6-9-16(10-7-14)20(3)13-15-8-11-17(18-5-2)19-12-15/h6-12H,4-5,13H2,1-3H3,(H,18,19). The van der Waals surface area contributed by atoms with Crippen molar-refractivity contribution in [2.45, 2.75) is 26.8 Å². The molecule has 0 atom stereocenters. The molecule has 1 aromatic heterocycles. The Morgan fingerprint density at radius 3 is 2.25 bits per heavy atom. The fourth-order valence-corrected chi connectivity index (χ4v) is 2.15. The summed E-state index contributed by atoms with van der Waals surface area (Å²) in [5, 5.41) is 3.21. The van der Waals surface area contributed by atoms with Gasteiger partial charge in [-0.05, 0) is 42.7 Å². The van der Waals surface area contributed by atoms with E-state index in [0.29, 0.717) is 0 Å². The predicted molar refractivity (Wildman–Crippen MR) is 86.3 cm³/mol. The molecule has 106 valence electrons. The van der Waals surface area contributed by atoms with Crippen molar-refractivity contribution in [1.82, 2.24) is 4.98 Å². The molecule has 0 spiro atoms. The average molecular weight is 269 g/mol. The summed E-state index contributed by atoms with van der Waals surface area (Å²) >= 11 is 0. The summed E-state index contributed by atoms with van der Waals surface area (Å²) < 4.78 is 0. The van der Waals surface area contributed by atoms with E-state index in [1.807, 2.05) is 12.3 Å². The van der Waals surface area contributed by atoms with Gasteiger partial charge in [0, 0.05) is 32.0 Å². The highest BCUT2D eigenvalue weighted by molar-refractivity contribution is 5.47. The molecule has 0 radical (unpaired) electrons. The molecule has 1 heterocycles. The van der Waals surface area contributed by atoms with Gasteiger partial charge in [-0.1, -0.05) is 25.1 Å². The van der Waals surface area contributed by atoms with E-state index in [9.17, 15) is 0 Å². The number of aromatic nitrogens is 1. The zero-order valence-corrected chi connectivity index (χ0v) is 12.6. The van der Waals surface area contributed by atoms with E-state index < -0.39 is 0 Å². The molecule has 3 nitrogen and oxygen atoms in total. The molecule has 2 rings (SSSR count). The largest absolute Gasteiger partial charge is 0.370 e. The number of nitrogens with one attached hydrogen (secondary N) is 1. The van der Waals surface area contributed by atoms with Gasteiger partial charge in [0.1, 0.15) is 5.82 Å². The van der Waals surface area contributed by atoms with Gasteiger partial charge < -0.3 is 10.2 Å². The Labute approximate surface area is 121 Å². The van der Waals surface area contributed by atoms with Gasteiger partial charge in [0.05, 0.1) is 0 Å². The molecule has 0 fully saturated rings. The van der Waals surface area contributed by atoms with Crippen molar-refractivity contribution in [2.75, 3.05) is 23.8 Å². The van der Waals surface area contributed by atoms with Crippen LogP contribution in [0, 0.1) is 0 Å². The first-order valence-electron chi connectivity index (χ1n) is 7.21. The second-order valence-electron chi connectivity index (χ2n) is 4.96. The number of pyridine rings is 1. The zero-order chi connectivity index (χ0) is 14.4. The summed E-state index contributed by atoms with van der Waals surface area (Å²) in [6, 6.07) is 12.9. The molecule has 0 unspecified atom stereocenters. The molecule has 0 aliphatic carbocycles. The molecule has 0 saturated heterocycles. The van der Waals surface area contributed by atoms with Gasteiger partial charge in [-0.15, -0.1) is 0 Å². The first kappa shape index (κ1) is 14.4. The lowest BCUT2D eigenvalue weighted by Gasteiger charge is -2.19. The Kier molecular flexibility index (Phi) is 4.99. The van der Waals surface area contributed by atoms with Crippen molar-refractivity contribution >= 4 is 11.5 Å². The Bertz CT molecular complexity index is 517. The highest BCUT2D eigenvalue weighted by Gasteiger charge is 2.03. The Morgan fingerprint density at radius 2 is 1.70 bits per heavy atom. The summed E-state index contributed by atoms with van der Waals surface area (Å²) in [5.41, 5.74) is 3.82. The second-order valence-corrected chi connectivity index (χ2v) is 4.96. The molecule has 3 heteroatoms. The molecule has 0 bridgehead atoms. The van der Waals surface area contributed by atoms with Crippen LogP contribution in [0.4, 0.5) is 11.5 Å². The second kappa shape index (κ2) is 6.94. The van der Waals surface area contributed by atoms with Crippen molar-refractivity contribution in [3.8, 4) is 0 Å². The minimum absolute atomic E-state index is 0.866. The third-order valence-corrected chi connectivity index (χ3v) is 3.39. The first-order chi connectivity index (χ1) is 9.72. The number of rotatable bonds is 6. The van der Waals surface area contributed by atoms with E-state index in [1.165, 1.54) is 16.8 Å². The van der Waals surface area contributed by atoms with Crippen molar-refractivity contribution < 1.29 is 0 Å². The van der Waals surface area contributed by atoms with E-state index in [0.717, 1.165) is 25.3 Å². The monoisotopic (exact) mass is 269 g/mol. The van der Waals surface area contributed by atoms with Crippen LogP contribution in [0.2, 0.25) is 0 Å². The number of hydrogen-bond donors (Lipinski definition) is 1. The highest BCUT2D eigenvalue weighted by Crippen LogP contribution is 2.17. The average Bonchev–Trinajstić information content (AvgIpc) is 2.49. The van der Waals surface area contributed by atoms with Gasteiger partial charge in [0.15, 0.2) is 0 Å². The zero-order valence-electron chi connectivity index (χ0n) is 12.6. The fraction of sp³-hybridized carbons (Fsp3) is 0.353. The maximum atomic E-state index is 4.40. The fourth-order valence-electron chi connectivity index (χ4n) is 2.15. The molecule has 0 aliphatic rings. The molecule has 20 heavy (non-hydrogen) atoms. The molecular formula is C17H23N3. The Hall–Kier alpha value is -2.03. The van der Waals surface area contributed by atoms with Crippen LogP contribution in [0.25, 0.3) is 0 Å². The Morgan fingerprint density at radius 1 is 1.00 bits per heavy atom. The van der Waals surface area contributed by atoms with Gasteiger partial charge in [-0.2, -0.15) is 0 Å². The summed E-state index contributed by atoms with van der Waals surface area (Å²) in [7, 11) is 2.11. The summed E-state index contributed by atoms with van der Waals surface area (Å²) in [6.45, 7) is 6.01. The molecular weight excluding hydrogens is 246 g/mol. The number of anilines is 2. The van der Waals surface area contributed by atoms with Crippen LogP contribution in [-0.4, -0.2) is 18.6 Å². The van der Waals surface area contributed by atoms with E-state index >= 15 is 0 Å². The third kappa shape index (κ3) is 3.73. The molecule has 0 saturated carbocycles. The lowest BCUT2D eigenvalue weighted by atomic mass is 10.1. The quantitative estimate of drug-likeness (QED) is 0.866. The topological polar surface area (TPSA) is 28.2 Å². The SMILES string of the molecule is CCNc1ccc(CN(C)c2ccc(CC)cc2)cn1. The van der Waals surface area contributed by atoms with Crippen LogP contribution in [0.5, 0.6) is 0 Å². The van der Waals surface area contributed by atoms with E-state index in [1.54, 1.807) is 0 Å². The third-order valence-electron chi connectivity index (χ3n) is 3.39. The molecule has 1 aromatic carbocycles. The van der Waals surface area contributed by atoms with Crippen LogP contribution in [0.1, 0.15) is 25.0 Å². The maximum absolute atomic E-state index is 4.40. The van der Waals surface area contributed by atoms with Crippen LogP contribution in [-0.2, 0) is 13.0 Å².